The zero-order valence-electron chi connectivity index (χ0n) is 14.0. The molecule has 0 fully saturated rings. The summed E-state index contributed by atoms with van der Waals surface area (Å²) in [6, 6.07) is 4.21. The topological polar surface area (TPSA) is 94.4 Å². The van der Waals surface area contributed by atoms with Gasteiger partial charge in [-0.15, -0.1) is 0 Å². The van der Waals surface area contributed by atoms with Crippen molar-refractivity contribution in [2.24, 2.45) is 0 Å². The lowest BCUT2D eigenvalue weighted by molar-refractivity contribution is -0.384. The van der Waals surface area contributed by atoms with Crippen LogP contribution in [0, 0.1) is 10.1 Å². The molecule has 2 rings (SSSR count). The van der Waals surface area contributed by atoms with Gasteiger partial charge in [-0.3, -0.25) is 20.4 Å². The van der Waals surface area contributed by atoms with E-state index in [0.717, 1.165) is 0 Å². The minimum absolute atomic E-state index is 0.0881. The number of carbonyl (C=O) groups is 1. The number of amides is 1. The van der Waals surface area contributed by atoms with Gasteiger partial charge >= 0.3 is 6.09 Å². The Balaban J connectivity index is 2.01. The fourth-order valence-corrected chi connectivity index (χ4v) is 1.28. The van der Waals surface area contributed by atoms with Gasteiger partial charge in [0.05, 0.1) is 10.4 Å². The molecular formula is C13H11N3O4. The summed E-state index contributed by atoms with van der Waals surface area (Å²) < 4.78 is 34.9. The molecule has 7 heteroatoms. The Morgan fingerprint density at radius 3 is 2.90 bits per heavy atom. The maximum Gasteiger partial charge on any atom is 0.411 e. The van der Waals surface area contributed by atoms with Gasteiger partial charge in [0.25, 0.3) is 5.69 Å². The normalized spacial score (nSPS) is 12.6. The Morgan fingerprint density at radius 1 is 1.45 bits per heavy atom. The van der Waals surface area contributed by atoms with E-state index in [-0.39, 0.29) is 16.9 Å². The molecule has 0 spiro atoms. The highest BCUT2D eigenvalue weighted by molar-refractivity contribution is 5.84. The van der Waals surface area contributed by atoms with Crippen molar-refractivity contribution >= 4 is 17.5 Å². The van der Waals surface area contributed by atoms with E-state index in [0.29, 0.717) is 0 Å². The molecule has 0 bridgehead atoms. The third kappa shape index (κ3) is 3.77. The summed E-state index contributed by atoms with van der Waals surface area (Å²) >= 11 is 0. The third-order valence-electron chi connectivity index (χ3n) is 2.19. The summed E-state index contributed by atoms with van der Waals surface area (Å²) in [5, 5.41) is 12.9. The van der Waals surface area contributed by atoms with Crippen molar-refractivity contribution in [2.75, 3.05) is 5.32 Å². The Labute approximate surface area is 120 Å². The lowest BCUT2D eigenvalue weighted by atomic mass is 10.3. The fourth-order valence-electron chi connectivity index (χ4n) is 1.28. The number of carbonyl (C=O) groups excluding carboxylic acids is 1. The number of rotatable bonds is 4. The van der Waals surface area contributed by atoms with Crippen LogP contribution in [0.3, 0.4) is 0 Å². The first-order valence-corrected chi connectivity index (χ1v) is 5.41. The summed E-state index contributed by atoms with van der Waals surface area (Å²) in [6.07, 6.45) is -1.81. The van der Waals surface area contributed by atoms with Crippen LogP contribution in [0.4, 0.5) is 16.2 Å². The first-order chi connectivity index (χ1) is 11.3. The molecule has 0 atom stereocenters. The lowest BCUT2D eigenvalue weighted by Crippen LogP contribution is -2.13. The summed E-state index contributed by atoms with van der Waals surface area (Å²) in [4.78, 5) is 25.1. The Kier molecular flexibility index (Phi) is 2.83. The maximum absolute atomic E-state index is 11.7. The van der Waals surface area contributed by atoms with Gasteiger partial charge in [0.1, 0.15) is 6.61 Å². The molecule has 20 heavy (non-hydrogen) atoms. The van der Waals surface area contributed by atoms with Gasteiger partial charge in [-0.05, 0) is 18.2 Å². The van der Waals surface area contributed by atoms with E-state index in [1.807, 2.05) is 0 Å². The molecule has 2 aromatic rings. The quantitative estimate of drug-likeness (QED) is 0.685. The van der Waals surface area contributed by atoms with E-state index >= 15 is 0 Å². The van der Waals surface area contributed by atoms with Crippen LogP contribution in [-0.4, -0.2) is 16.0 Å². The molecule has 1 heterocycles. The molecule has 7 nitrogen and oxygen atoms in total. The molecule has 1 amide bonds. The zero-order valence-corrected chi connectivity index (χ0v) is 10.0. The molecule has 1 aromatic carbocycles. The van der Waals surface area contributed by atoms with Crippen molar-refractivity contribution in [3.63, 3.8) is 0 Å². The largest absolute Gasteiger partial charge is 0.444 e. The second-order valence-corrected chi connectivity index (χ2v) is 3.57. The van der Waals surface area contributed by atoms with Gasteiger partial charge in [0.2, 0.25) is 0 Å². The number of hydrogen-bond donors (Lipinski definition) is 1. The van der Waals surface area contributed by atoms with Gasteiger partial charge in [0.15, 0.2) is 0 Å². The molecule has 0 aliphatic heterocycles. The number of pyridine rings is 1. The highest BCUT2D eigenvalue weighted by atomic mass is 16.6. The van der Waals surface area contributed by atoms with Crippen molar-refractivity contribution < 1.29 is 19.9 Å². The van der Waals surface area contributed by atoms with Crippen LogP contribution in [0.25, 0.3) is 0 Å². The number of ether oxygens (including phenoxy) is 1. The zero-order chi connectivity index (χ0) is 17.9. The second kappa shape index (κ2) is 6.28. The predicted molar refractivity (Wildman–Crippen MR) is 71.1 cm³/mol. The number of hydrogen-bond acceptors (Lipinski definition) is 5. The van der Waals surface area contributed by atoms with E-state index < -0.39 is 42.1 Å². The van der Waals surface area contributed by atoms with Crippen LogP contribution < -0.4 is 5.32 Å². The summed E-state index contributed by atoms with van der Waals surface area (Å²) in [7, 11) is 0. The number of aromatic nitrogens is 1. The number of nitrogens with one attached hydrogen (secondary N) is 1. The molecule has 0 saturated carbocycles. The van der Waals surface area contributed by atoms with Crippen LogP contribution in [0.15, 0.2) is 48.7 Å². The molecule has 1 N–H and O–H groups in total. The molecular weight excluding hydrogens is 262 g/mol. The summed E-state index contributed by atoms with van der Waals surface area (Å²) in [6.45, 7) is -0.463. The second-order valence-electron chi connectivity index (χ2n) is 3.57. The van der Waals surface area contributed by atoms with Crippen molar-refractivity contribution in [1.82, 2.24) is 4.98 Å². The first kappa shape index (κ1) is 9.03. The number of anilines is 1. The first-order valence-electron chi connectivity index (χ1n) is 7.41. The average molecular weight is 277 g/mol. The van der Waals surface area contributed by atoms with Crippen LogP contribution in [0.5, 0.6) is 0 Å². The van der Waals surface area contributed by atoms with E-state index in [1.54, 1.807) is 0 Å². The number of nitro groups is 1. The SMILES string of the molecule is [2H]c1nc([2H])c(COC(=O)Nc2ccc([N+](=O)[O-])cc2)c([2H])c1[2H]. The standard InChI is InChI=1S/C13H11N3O4/c17-13(20-9-10-2-1-7-14-8-10)15-11-3-5-12(6-4-11)16(18)19/h1-8H,9H2,(H,15,17)/i1D,2D,7D,8D. The van der Waals surface area contributed by atoms with E-state index in [1.165, 1.54) is 24.3 Å². The number of nitrogens with zero attached hydrogens (tertiary/aromatic N) is 2. The van der Waals surface area contributed by atoms with Crippen LogP contribution in [0.2, 0.25) is 0 Å². The van der Waals surface area contributed by atoms with E-state index in [2.05, 4.69) is 10.3 Å². The molecule has 0 aliphatic rings. The lowest BCUT2D eigenvalue weighted by Gasteiger charge is -2.06. The summed E-state index contributed by atoms with van der Waals surface area (Å²) in [5.41, 5.74) is 0.0506. The average Bonchev–Trinajstić information content (AvgIpc) is 2.53. The number of benzene rings is 1. The van der Waals surface area contributed by atoms with Gasteiger partial charge in [0, 0.05) is 35.7 Å². The smallest absolute Gasteiger partial charge is 0.411 e. The number of non-ortho nitro benzene ring substituents is 1. The minimum atomic E-state index is -0.899. The molecule has 0 aliphatic carbocycles. The fraction of sp³-hybridized carbons (Fsp3) is 0.0769. The van der Waals surface area contributed by atoms with E-state index in [4.69, 9.17) is 10.2 Å². The van der Waals surface area contributed by atoms with Crippen LogP contribution >= 0.6 is 0 Å². The minimum Gasteiger partial charge on any atom is -0.444 e. The predicted octanol–water partition coefficient (Wildman–Crippen LogP) is 2.74. The molecule has 102 valence electrons. The van der Waals surface area contributed by atoms with Gasteiger partial charge in [-0.1, -0.05) is 6.04 Å². The monoisotopic (exact) mass is 277 g/mol. The van der Waals surface area contributed by atoms with E-state index in [9.17, 15) is 14.9 Å². The molecule has 0 radical (unpaired) electrons. The highest BCUT2D eigenvalue weighted by Gasteiger charge is 2.07. The van der Waals surface area contributed by atoms with Crippen molar-refractivity contribution in [3.05, 3.63) is 64.4 Å². The van der Waals surface area contributed by atoms with Gasteiger partial charge in [-0.2, -0.15) is 0 Å². The van der Waals surface area contributed by atoms with Crippen molar-refractivity contribution in [2.45, 2.75) is 6.61 Å². The Hall–Kier alpha value is -2.96. The molecule has 0 unspecified atom stereocenters. The van der Waals surface area contributed by atoms with Gasteiger partial charge < -0.3 is 4.74 Å². The summed E-state index contributed by atoms with van der Waals surface area (Å²) in [5.74, 6) is 0. The van der Waals surface area contributed by atoms with Crippen molar-refractivity contribution in [1.29, 1.82) is 0 Å². The number of nitro benzene ring substituents is 1. The molecule has 1 aromatic heterocycles. The Morgan fingerprint density at radius 2 is 2.20 bits per heavy atom. The van der Waals surface area contributed by atoms with Crippen molar-refractivity contribution in [3.8, 4) is 0 Å². The van der Waals surface area contributed by atoms with Crippen LogP contribution in [-0.2, 0) is 11.3 Å². The molecule has 0 saturated heterocycles. The third-order valence-corrected chi connectivity index (χ3v) is 2.19. The highest BCUT2D eigenvalue weighted by Crippen LogP contribution is 2.15. The maximum atomic E-state index is 11.7. The Bertz CT molecular complexity index is 799. The van der Waals surface area contributed by atoms with Crippen LogP contribution in [0.1, 0.15) is 11.0 Å². The van der Waals surface area contributed by atoms with Gasteiger partial charge in [-0.25, -0.2) is 4.79 Å².